The summed E-state index contributed by atoms with van der Waals surface area (Å²) in [7, 11) is 3.27. The summed E-state index contributed by atoms with van der Waals surface area (Å²) < 4.78 is 10.8. The second-order valence-electron chi connectivity index (χ2n) is 6.56. The Morgan fingerprint density at radius 3 is 2.68 bits per heavy atom. The lowest BCUT2D eigenvalue weighted by Gasteiger charge is -2.23. The van der Waals surface area contributed by atoms with Crippen molar-refractivity contribution in [2.24, 2.45) is 0 Å². The van der Waals surface area contributed by atoms with Crippen LogP contribution in [0.3, 0.4) is 0 Å². The zero-order chi connectivity index (χ0) is 18.4. The van der Waals surface area contributed by atoms with Gasteiger partial charge < -0.3 is 19.7 Å². The molecule has 0 aliphatic carbocycles. The summed E-state index contributed by atoms with van der Waals surface area (Å²) in [4.78, 5) is 25.0. The molecule has 0 saturated carbocycles. The quantitative estimate of drug-likeness (QED) is 0.704. The van der Waals surface area contributed by atoms with E-state index in [0.717, 1.165) is 41.3 Å². The average molecular weight is 350 g/mol. The maximum Gasteiger partial charge on any atom is 0.321 e. The van der Waals surface area contributed by atoms with Crippen molar-refractivity contribution in [3.8, 4) is 11.5 Å². The van der Waals surface area contributed by atoms with Gasteiger partial charge in [0.2, 0.25) is 0 Å². The first-order valence-electron chi connectivity index (χ1n) is 8.61. The summed E-state index contributed by atoms with van der Waals surface area (Å²) in [6, 6.07) is 5.40. The van der Waals surface area contributed by atoms with Crippen molar-refractivity contribution in [2.45, 2.75) is 38.8 Å². The van der Waals surface area contributed by atoms with Gasteiger partial charge in [0.25, 0.3) is 5.91 Å². The Balaban J connectivity index is 2.07. The van der Waals surface area contributed by atoms with Crippen molar-refractivity contribution in [3.63, 3.8) is 0 Å². The first kappa shape index (κ1) is 19.1. The minimum atomic E-state index is -0.450. The lowest BCUT2D eigenvalue weighted by molar-refractivity contribution is -0.910. The molecule has 1 saturated heterocycles. The largest absolute Gasteiger partial charge is 0.497 e. The molecule has 25 heavy (non-hydrogen) atoms. The molecule has 1 heterocycles. The number of urea groups is 1. The number of rotatable bonds is 6. The van der Waals surface area contributed by atoms with Crippen molar-refractivity contribution in [2.75, 3.05) is 27.3 Å². The van der Waals surface area contributed by atoms with E-state index in [2.05, 4.69) is 10.6 Å². The van der Waals surface area contributed by atoms with Gasteiger partial charge in [0, 0.05) is 18.9 Å². The fraction of sp³-hybridized carbons (Fsp3) is 0.556. The third-order valence-electron chi connectivity index (χ3n) is 4.36. The first-order valence-corrected chi connectivity index (χ1v) is 8.61. The predicted molar refractivity (Wildman–Crippen MR) is 94.0 cm³/mol. The standard InChI is InChI=1S/C18H27N3O4/c1-12(2)19-18(23)20-17(22)11-21-9-5-6-15(21)14-10-13(24-3)7-8-16(14)25-4/h7-8,10,12,15H,5-6,9,11H2,1-4H3,(H2,19,20,22,23)/p+1/t15-/m0/s1. The number of likely N-dealkylation sites (tertiary alicyclic amines) is 1. The number of benzene rings is 1. The van der Waals surface area contributed by atoms with Crippen molar-refractivity contribution in [1.29, 1.82) is 0 Å². The minimum absolute atomic E-state index is 0.0132. The number of carbonyl (C=O) groups is 2. The van der Waals surface area contributed by atoms with Crippen LogP contribution in [0, 0.1) is 0 Å². The number of ether oxygens (including phenoxy) is 2. The van der Waals surface area contributed by atoms with Gasteiger partial charge in [-0.25, -0.2) is 4.79 Å². The summed E-state index contributed by atoms with van der Waals surface area (Å²) in [6.07, 6.45) is 1.98. The summed E-state index contributed by atoms with van der Waals surface area (Å²) in [6.45, 7) is 4.82. The Morgan fingerprint density at radius 2 is 2.04 bits per heavy atom. The molecule has 3 N–H and O–H groups in total. The molecular weight excluding hydrogens is 322 g/mol. The van der Waals surface area contributed by atoms with Crippen molar-refractivity contribution < 1.29 is 24.0 Å². The Hall–Kier alpha value is -2.28. The molecule has 2 atom stereocenters. The molecule has 1 fully saturated rings. The van der Waals surface area contributed by atoms with Gasteiger partial charge in [-0.2, -0.15) is 0 Å². The number of imide groups is 1. The molecule has 2 rings (SSSR count). The highest BCUT2D eigenvalue weighted by Gasteiger charge is 2.34. The normalized spacial score (nSPS) is 19.6. The molecule has 1 aromatic rings. The number of methoxy groups -OCH3 is 2. The van der Waals surface area contributed by atoms with Crippen LogP contribution in [0.5, 0.6) is 11.5 Å². The molecule has 3 amide bonds. The number of nitrogens with one attached hydrogen (secondary N) is 3. The summed E-state index contributed by atoms with van der Waals surface area (Å²) in [5.41, 5.74) is 1.04. The smallest absolute Gasteiger partial charge is 0.321 e. The molecule has 1 unspecified atom stereocenters. The molecule has 7 nitrogen and oxygen atoms in total. The zero-order valence-corrected chi connectivity index (χ0v) is 15.3. The third kappa shape index (κ3) is 5.09. The zero-order valence-electron chi connectivity index (χ0n) is 15.3. The van der Waals surface area contributed by atoms with Crippen LogP contribution in [0.25, 0.3) is 0 Å². The molecule has 0 bridgehead atoms. The molecule has 1 aliphatic rings. The highest BCUT2D eigenvalue weighted by Crippen LogP contribution is 2.31. The van der Waals surface area contributed by atoms with Crippen LogP contribution in [0.4, 0.5) is 4.79 Å². The minimum Gasteiger partial charge on any atom is -0.497 e. The molecule has 1 aromatic carbocycles. The van der Waals surface area contributed by atoms with E-state index in [-0.39, 0.29) is 24.5 Å². The summed E-state index contributed by atoms with van der Waals surface area (Å²) in [5, 5.41) is 5.05. The topological polar surface area (TPSA) is 81.1 Å². The number of amides is 3. The summed E-state index contributed by atoms with van der Waals surface area (Å²) in [5.74, 6) is 1.29. The van der Waals surface area contributed by atoms with Crippen molar-refractivity contribution in [3.05, 3.63) is 23.8 Å². The maximum absolute atomic E-state index is 12.2. The van der Waals surface area contributed by atoms with Crippen LogP contribution < -0.4 is 25.0 Å². The van der Waals surface area contributed by atoms with Crippen LogP contribution in [-0.4, -0.2) is 45.3 Å². The Kier molecular flexibility index (Phi) is 6.64. The third-order valence-corrected chi connectivity index (χ3v) is 4.36. The highest BCUT2D eigenvalue weighted by atomic mass is 16.5. The van der Waals surface area contributed by atoms with Gasteiger partial charge >= 0.3 is 6.03 Å². The van der Waals surface area contributed by atoms with E-state index >= 15 is 0 Å². The Morgan fingerprint density at radius 1 is 1.28 bits per heavy atom. The Labute approximate surface area is 148 Å². The van der Waals surface area contributed by atoms with Crippen LogP contribution in [0.15, 0.2) is 18.2 Å². The fourth-order valence-electron chi connectivity index (χ4n) is 3.29. The van der Waals surface area contributed by atoms with Crippen molar-refractivity contribution in [1.82, 2.24) is 10.6 Å². The van der Waals surface area contributed by atoms with Gasteiger partial charge in [-0.15, -0.1) is 0 Å². The van der Waals surface area contributed by atoms with Crippen LogP contribution in [0.2, 0.25) is 0 Å². The van der Waals surface area contributed by atoms with Gasteiger partial charge in [-0.05, 0) is 32.0 Å². The lowest BCUT2D eigenvalue weighted by Crippen LogP contribution is -3.11. The summed E-state index contributed by atoms with van der Waals surface area (Å²) >= 11 is 0. The fourth-order valence-corrected chi connectivity index (χ4v) is 3.29. The number of carbonyl (C=O) groups excluding carboxylic acids is 2. The second-order valence-corrected chi connectivity index (χ2v) is 6.56. The van der Waals surface area contributed by atoms with Gasteiger partial charge in [0.05, 0.1) is 26.3 Å². The van der Waals surface area contributed by atoms with Gasteiger partial charge in [0.15, 0.2) is 6.54 Å². The Bertz CT molecular complexity index is 618. The monoisotopic (exact) mass is 350 g/mol. The van der Waals surface area contributed by atoms with E-state index < -0.39 is 6.03 Å². The predicted octanol–water partition coefficient (Wildman–Crippen LogP) is 0.658. The van der Waals surface area contributed by atoms with Gasteiger partial charge in [-0.1, -0.05) is 0 Å². The van der Waals surface area contributed by atoms with Gasteiger partial charge in [-0.3, -0.25) is 10.1 Å². The highest BCUT2D eigenvalue weighted by molar-refractivity contribution is 5.94. The van der Waals surface area contributed by atoms with Gasteiger partial charge in [0.1, 0.15) is 17.5 Å². The van der Waals surface area contributed by atoms with Crippen molar-refractivity contribution >= 4 is 11.9 Å². The van der Waals surface area contributed by atoms with E-state index in [9.17, 15) is 9.59 Å². The van der Waals surface area contributed by atoms with E-state index in [0.29, 0.717) is 0 Å². The van der Waals surface area contributed by atoms with E-state index in [1.807, 2.05) is 32.0 Å². The molecule has 1 aliphatic heterocycles. The molecule has 0 spiro atoms. The number of hydrogen-bond acceptors (Lipinski definition) is 4. The number of quaternary nitrogens is 1. The van der Waals surface area contributed by atoms with E-state index in [4.69, 9.17) is 9.47 Å². The molecule has 0 aromatic heterocycles. The van der Waals surface area contributed by atoms with Crippen LogP contribution in [-0.2, 0) is 4.79 Å². The molecule has 7 heteroatoms. The molecular formula is C18H28N3O4+. The molecule has 0 radical (unpaired) electrons. The maximum atomic E-state index is 12.2. The number of hydrogen-bond donors (Lipinski definition) is 3. The van der Waals surface area contributed by atoms with Crippen LogP contribution >= 0.6 is 0 Å². The molecule has 138 valence electrons. The lowest BCUT2D eigenvalue weighted by atomic mass is 10.0. The first-order chi connectivity index (χ1) is 11.9. The van der Waals surface area contributed by atoms with E-state index in [1.165, 1.54) is 0 Å². The average Bonchev–Trinajstić information content (AvgIpc) is 3.00. The van der Waals surface area contributed by atoms with E-state index in [1.54, 1.807) is 14.2 Å². The SMILES string of the molecule is COc1ccc(OC)c([C@@H]2CCC[NH+]2CC(=O)NC(=O)NC(C)C)c1. The van der Waals surface area contributed by atoms with Crippen LogP contribution in [0.1, 0.15) is 38.3 Å². The second kappa shape index (κ2) is 8.71.